The van der Waals surface area contributed by atoms with Crippen molar-refractivity contribution in [2.45, 2.75) is 64.6 Å². The summed E-state index contributed by atoms with van der Waals surface area (Å²) in [6.07, 6.45) is 7.14. The highest BCUT2D eigenvalue weighted by Crippen LogP contribution is 2.44. The van der Waals surface area contributed by atoms with Gasteiger partial charge in [-0.05, 0) is 19.4 Å². The summed E-state index contributed by atoms with van der Waals surface area (Å²) < 4.78 is 17.3. The van der Waals surface area contributed by atoms with E-state index in [-0.39, 0.29) is 6.29 Å². The normalized spacial score (nSPS) is 25.1. The summed E-state index contributed by atoms with van der Waals surface area (Å²) in [6, 6.07) is 5.76. The van der Waals surface area contributed by atoms with Gasteiger partial charge in [-0.2, -0.15) is 0 Å². The maximum atomic E-state index is 8.17. The molecular formula is C18H26N2O3. The lowest BCUT2D eigenvalue weighted by atomic mass is 10.1. The Hall–Kier alpha value is -1.59. The summed E-state index contributed by atoms with van der Waals surface area (Å²) >= 11 is 0. The number of unbranched alkanes of at least 4 members (excludes halogenated alkanes) is 5. The van der Waals surface area contributed by atoms with Gasteiger partial charge in [-0.25, -0.2) is 0 Å². The van der Waals surface area contributed by atoms with Crippen molar-refractivity contribution in [3.05, 3.63) is 29.3 Å². The molecule has 0 saturated carbocycles. The molecule has 0 bridgehead atoms. The second-order valence-electron chi connectivity index (χ2n) is 6.21. The molecule has 2 aliphatic rings. The first-order chi connectivity index (χ1) is 11.2. The number of nitrogens with one attached hydrogen (secondary N) is 2. The Balaban J connectivity index is 1.58. The third kappa shape index (κ3) is 3.21. The molecule has 2 aliphatic heterocycles. The molecule has 0 amide bonds. The topological polar surface area (TPSA) is 63.6 Å². The van der Waals surface area contributed by atoms with Crippen molar-refractivity contribution in [3.63, 3.8) is 0 Å². The van der Waals surface area contributed by atoms with Crippen LogP contribution in [0.2, 0.25) is 0 Å². The third-order valence-electron chi connectivity index (χ3n) is 4.34. The van der Waals surface area contributed by atoms with Gasteiger partial charge in [0.25, 0.3) is 5.91 Å². The van der Waals surface area contributed by atoms with Crippen molar-refractivity contribution in [2.75, 3.05) is 6.61 Å². The fourth-order valence-corrected chi connectivity index (χ4v) is 3.20. The SMILES string of the molecule is CCCCCCCCOc1cccc2c1C(=N)NC21OC(C)O1. The Morgan fingerprint density at radius 3 is 2.65 bits per heavy atom. The second-order valence-corrected chi connectivity index (χ2v) is 6.21. The summed E-state index contributed by atoms with van der Waals surface area (Å²) in [5.41, 5.74) is 1.59. The predicted octanol–water partition coefficient (Wildman–Crippen LogP) is 3.86. The van der Waals surface area contributed by atoms with Gasteiger partial charge in [-0.1, -0.05) is 51.2 Å². The highest BCUT2D eigenvalue weighted by Gasteiger charge is 2.54. The van der Waals surface area contributed by atoms with E-state index in [9.17, 15) is 0 Å². The zero-order valence-corrected chi connectivity index (χ0v) is 14.0. The average molecular weight is 318 g/mol. The molecule has 1 aromatic carbocycles. The van der Waals surface area contributed by atoms with Crippen LogP contribution in [0.3, 0.4) is 0 Å². The zero-order valence-electron chi connectivity index (χ0n) is 14.0. The zero-order chi connectivity index (χ0) is 16.3. The quantitative estimate of drug-likeness (QED) is 0.715. The number of amidine groups is 1. The van der Waals surface area contributed by atoms with Crippen molar-refractivity contribution in [1.82, 2.24) is 5.32 Å². The predicted molar refractivity (Wildman–Crippen MR) is 88.6 cm³/mol. The molecule has 5 heteroatoms. The lowest BCUT2D eigenvalue weighted by molar-refractivity contribution is -0.461. The van der Waals surface area contributed by atoms with Crippen molar-refractivity contribution in [2.24, 2.45) is 0 Å². The maximum Gasteiger partial charge on any atom is 0.284 e. The van der Waals surface area contributed by atoms with E-state index in [1.807, 2.05) is 25.1 Å². The standard InChI is InChI=1S/C18H26N2O3/c1-3-4-5-6-7-8-12-21-15-11-9-10-14-16(15)17(19)20-18(14)22-13(2)23-18/h9-11,13H,3-8,12H2,1-2H3,(H2,19,20). The van der Waals surface area contributed by atoms with Crippen LogP contribution in [0, 0.1) is 5.41 Å². The van der Waals surface area contributed by atoms with Crippen LogP contribution in [0.4, 0.5) is 0 Å². The van der Waals surface area contributed by atoms with E-state index in [1.165, 1.54) is 32.1 Å². The van der Waals surface area contributed by atoms with E-state index >= 15 is 0 Å². The molecule has 5 nitrogen and oxygen atoms in total. The molecule has 0 radical (unpaired) electrons. The first-order valence-corrected chi connectivity index (χ1v) is 8.65. The van der Waals surface area contributed by atoms with Crippen LogP contribution in [-0.4, -0.2) is 18.7 Å². The van der Waals surface area contributed by atoms with Crippen LogP contribution in [0.5, 0.6) is 5.75 Å². The van der Waals surface area contributed by atoms with E-state index in [0.29, 0.717) is 12.4 Å². The van der Waals surface area contributed by atoms with Crippen LogP contribution in [0.1, 0.15) is 63.5 Å². The molecule has 0 unspecified atom stereocenters. The molecule has 0 aromatic heterocycles. The highest BCUT2D eigenvalue weighted by molar-refractivity contribution is 6.03. The molecule has 2 N–H and O–H groups in total. The molecule has 2 heterocycles. The summed E-state index contributed by atoms with van der Waals surface area (Å²) in [4.78, 5) is 0. The lowest BCUT2D eigenvalue weighted by Crippen LogP contribution is -2.57. The summed E-state index contributed by atoms with van der Waals surface area (Å²) in [7, 11) is 0. The number of rotatable bonds is 8. The molecule has 0 atom stereocenters. The molecule has 1 aromatic rings. The van der Waals surface area contributed by atoms with E-state index in [1.54, 1.807) is 0 Å². The lowest BCUT2D eigenvalue weighted by Gasteiger charge is -2.43. The van der Waals surface area contributed by atoms with Gasteiger partial charge >= 0.3 is 0 Å². The number of hydrogen-bond donors (Lipinski definition) is 2. The molecule has 0 aliphatic carbocycles. The van der Waals surface area contributed by atoms with Crippen LogP contribution in [-0.2, 0) is 15.4 Å². The van der Waals surface area contributed by atoms with Crippen LogP contribution in [0.25, 0.3) is 0 Å². The van der Waals surface area contributed by atoms with Crippen LogP contribution < -0.4 is 10.1 Å². The van der Waals surface area contributed by atoms with Gasteiger partial charge in [0.05, 0.1) is 12.2 Å². The van der Waals surface area contributed by atoms with Crippen molar-refractivity contribution in [3.8, 4) is 5.75 Å². The van der Waals surface area contributed by atoms with E-state index in [0.717, 1.165) is 23.3 Å². The van der Waals surface area contributed by atoms with E-state index in [4.69, 9.17) is 19.6 Å². The number of hydrogen-bond acceptors (Lipinski definition) is 4. The highest BCUT2D eigenvalue weighted by atomic mass is 16.9. The monoisotopic (exact) mass is 318 g/mol. The molecule has 3 rings (SSSR count). The van der Waals surface area contributed by atoms with E-state index in [2.05, 4.69) is 12.2 Å². The van der Waals surface area contributed by atoms with Gasteiger partial charge in [-0.3, -0.25) is 14.9 Å². The Labute approximate surface area is 137 Å². The molecular weight excluding hydrogens is 292 g/mol. The molecule has 1 saturated heterocycles. The minimum Gasteiger partial charge on any atom is -0.493 e. The average Bonchev–Trinajstić information content (AvgIpc) is 2.80. The van der Waals surface area contributed by atoms with Crippen LogP contribution in [0.15, 0.2) is 18.2 Å². The van der Waals surface area contributed by atoms with Crippen molar-refractivity contribution >= 4 is 5.84 Å². The van der Waals surface area contributed by atoms with Gasteiger partial charge < -0.3 is 10.1 Å². The Morgan fingerprint density at radius 2 is 1.91 bits per heavy atom. The first-order valence-electron chi connectivity index (χ1n) is 8.65. The maximum absolute atomic E-state index is 8.17. The van der Waals surface area contributed by atoms with Gasteiger partial charge in [0.2, 0.25) is 0 Å². The molecule has 1 fully saturated rings. The Bertz CT molecular complexity index is 567. The fraction of sp³-hybridized carbons (Fsp3) is 0.611. The van der Waals surface area contributed by atoms with Crippen molar-refractivity contribution < 1.29 is 14.2 Å². The molecule has 1 spiro atoms. The first kappa shape index (κ1) is 16.3. The molecule has 126 valence electrons. The van der Waals surface area contributed by atoms with Gasteiger partial charge in [0.15, 0.2) is 6.29 Å². The van der Waals surface area contributed by atoms with Gasteiger partial charge in [-0.15, -0.1) is 0 Å². The fourth-order valence-electron chi connectivity index (χ4n) is 3.20. The molecule has 23 heavy (non-hydrogen) atoms. The number of benzene rings is 1. The Morgan fingerprint density at radius 1 is 1.17 bits per heavy atom. The minimum atomic E-state index is -0.981. The summed E-state index contributed by atoms with van der Waals surface area (Å²) in [5.74, 6) is 0.0494. The second kappa shape index (κ2) is 6.89. The largest absolute Gasteiger partial charge is 0.493 e. The summed E-state index contributed by atoms with van der Waals surface area (Å²) in [6.45, 7) is 4.75. The third-order valence-corrected chi connectivity index (χ3v) is 4.34. The summed E-state index contributed by atoms with van der Waals surface area (Å²) in [5, 5.41) is 11.2. The van der Waals surface area contributed by atoms with Crippen LogP contribution >= 0.6 is 0 Å². The number of fused-ring (bicyclic) bond motifs is 2. The smallest absolute Gasteiger partial charge is 0.284 e. The minimum absolute atomic E-state index is 0.256. The van der Waals surface area contributed by atoms with E-state index < -0.39 is 5.91 Å². The number of ether oxygens (including phenoxy) is 3. The van der Waals surface area contributed by atoms with Gasteiger partial charge in [0, 0.05) is 5.56 Å². The van der Waals surface area contributed by atoms with Crippen molar-refractivity contribution in [1.29, 1.82) is 5.41 Å². The Kier molecular flexibility index (Phi) is 4.87. The van der Waals surface area contributed by atoms with Gasteiger partial charge in [0.1, 0.15) is 11.6 Å².